The van der Waals surface area contributed by atoms with Gasteiger partial charge in [0.05, 0.1) is 10.7 Å². The van der Waals surface area contributed by atoms with Crippen molar-refractivity contribution in [3.05, 3.63) is 34.1 Å². The number of nitro groups is 1. The molecule has 0 aliphatic carbocycles. The van der Waals surface area contributed by atoms with Gasteiger partial charge in [0.1, 0.15) is 5.69 Å². The van der Waals surface area contributed by atoms with Crippen molar-refractivity contribution in [1.29, 1.82) is 0 Å². The molecule has 1 aliphatic rings. The molecule has 0 unspecified atom stereocenters. The maximum absolute atomic E-state index is 13.6. The highest BCUT2D eigenvalue weighted by Crippen LogP contribution is 2.31. The summed E-state index contributed by atoms with van der Waals surface area (Å²) in [6, 6.07) is 3.94. The number of hydrogen-bond donors (Lipinski definition) is 0. The summed E-state index contributed by atoms with van der Waals surface area (Å²) in [4.78, 5) is 11.9. The standard InChI is InChI=1S/C13H18FN3O4S/c1-2-10-22(20,21)16-8-6-15(7-9-16)12-5-3-4-11(14)13(12)17(18)19/h3-5H,2,6-10H2,1H3. The molecule has 0 atom stereocenters. The number of benzene rings is 1. The fourth-order valence-electron chi connectivity index (χ4n) is 2.53. The van der Waals surface area contributed by atoms with E-state index in [0.717, 1.165) is 6.07 Å². The average Bonchev–Trinajstić information content (AvgIpc) is 2.46. The van der Waals surface area contributed by atoms with Crippen LogP contribution < -0.4 is 4.90 Å². The molecule has 122 valence electrons. The van der Waals surface area contributed by atoms with E-state index in [-0.39, 0.29) is 24.5 Å². The molecule has 0 N–H and O–H groups in total. The summed E-state index contributed by atoms with van der Waals surface area (Å²) in [6.45, 7) is 2.89. The molecule has 22 heavy (non-hydrogen) atoms. The highest BCUT2D eigenvalue weighted by molar-refractivity contribution is 7.89. The van der Waals surface area contributed by atoms with Crippen molar-refractivity contribution in [2.45, 2.75) is 13.3 Å². The van der Waals surface area contributed by atoms with Gasteiger partial charge in [0.25, 0.3) is 0 Å². The Kier molecular flexibility index (Phi) is 4.97. The van der Waals surface area contributed by atoms with E-state index in [0.29, 0.717) is 19.5 Å². The predicted molar refractivity (Wildman–Crippen MR) is 80.9 cm³/mol. The molecule has 1 aromatic rings. The third-order valence-corrected chi connectivity index (χ3v) is 5.66. The largest absolute Gasteiger partial charge is 0.363 e. The molecular weight excluding hydrogens is 313 g/mol. The zero-order valence-electron chi connectivity index (χ0n) is 12.2. The zero-order valence-corrected chi connectivity index (χ0v) is 13.1. The highest BCUT2D eigenvalue weighted by atomic mass is 32.2. The molecule has 1 fully saturated rings. The third kappa shape index (κ3) is 3.36. The second kappa shape index (κ2) is 6.57. The van der Waals surface area contributed by atoms with Crippen LogP contribution in [0.3, 0.4) is 0 Å². The normalized spacial score (nSPS) is 16.7. The fourth-order valence-corrected chi connectivity index (χ4v) is 4.03. The van der Waals surface area contributed by atoms with Crippen LogP contribution in [0.2, 0.25) is 0 Å². The number of rotatable bonds is 5. The topological polar surface area (TPSA) is 83.8 Å². The summed E-state index contributed by atoms with van der Waals surface area (Å²) >= 11 is 0. The first-order valence-corrected chi connectivity index (χ1v) is 8.63. The van der Waals surface area contributed by atoms with Gasteiger partial charge in [-0.3, -0.25) is 10.1 Å². The Bertz CT molecular complexity index is 657. The van der Waals surface area contributed by atoms with E-state index < -0.39 is 26.5 Å². The molecule has 9 heteroatoms. The van der Waals surface area contributed by atoms with Crippen LogP contribution in [0.4, 0.5) is 15.8 Å². The van der Waals surface area contributed by atoms with Crippen molar-refractivity contribution in [1.82, 2.24) is 4.31 Å². The van der Waals surface area contributed by atoms with Gasteiger partial charge in [-0.25, -0.2) is 8.42 Å². The van der Waals surface area contributed by atoms with Crippen molar-refractivity contribution in [2.24, 2.45) is 0 Å². The SMILES string of the molecule is CCCS(=O)(=O)N1CCN(c2cccc(F)c2[N+](=O)[O-])CC1. The zero-order chi connectivity index (χ0) is 16.3. The Morgan fingerprint density at radius 3 is 2.45 bits per heavy atom. The van der Waals surface area contributed by atoms with Crippen LogP contribution in [-0.4, -0.2) is 49.6 Å². The Balaban J connectivity index is 2.16. The lowest BCUT2D eigenvalue weighted by Gasteiger charge is -2.35. The number of nitro benzene ring substituents is 1. The number of hydrogen-bond acceptors (Lipinski definition) is 5. The number of nitrogens with zero attached hydrogens (tertiary/aromatic N) is 3. The molecule has 1 saturated heterocycles. The first kappa shape index (κ1) is 16.6. The predicted octanol–water partition coefficient (Wildman–Crippen LogP) is 1.60. The van der Waals surface area contributed by atoms with E-state index >= 15 is 0 Å². The first-order valence-electron chi connectivity index (χ1n) is 7.02. The van der Waals surface area contributed by atoms with Crippen LogP contribution in [-0.2, 0) is 10.0 Å². The van der Waals surface area contributed by atoms with Gasteiger partial charge < -0.3 is 4.90 Å². The second-order valence-corrected chi connectivity index (χ2v) is 7.16. The summed E-state index contributed by atoms with van der Waals surface area (Å²) in [7, 11) is -3.27. The van der Waals surface area contributed by atoms with Gasteiger partial charge in [0.15, 0.2) is 0 Å². The lowest BCUT2D eigenvalue weighted by atomic mass is 10.2. The van der Waals surface area contributed by atoms with E-state index in [4.69, 9.17) is 0 Å². The Hall–Kier alpha value is -1.74. The summed E-state index contributed by atoms with van der Waals surface area (Å²) in [5.41, 5.74) is -0.370. The van der Waals surface area contributed by atoms with Crippen LogP contribution in [0.25, 0.3) is 0 Å². The lowest BCUT2D eigenvalue weighted by molar-refractivity contribution is -0.386. The number of sulfonamides is 1. The van der Waals surface area contributed by atoms with Crippen LogP contribution >= 0.6 is 0 Å². The third-order valence-electron chi connectivity index (χ3n) is 3.58. The van der Waals surface area contributed by atoms with Crippen molar-refractivity contribution in [3.8, 4) is 0 Å². The molecule has 0 saturated carbocycles. The van der Waals surface area contributed by atoms with Crippen LogP contribution in [0.1, 0.15) is 13.3 Å². The van der Waals surface area contributed by atoms with Crippen molar-refractivity contribution in [2.75, 3.05) is 36.8 Å². The summed E-state index contributed by atoms with van der Waals surface area (Å²) < 4.78 is 39.0. The van der Waals surface area contributed by atoms with Crippen LogP contribution in [0.5, 0.6) is 0 Å². The molecule has 1 aromatic carbocycles. The van der Waals surface area contributed by atoms with Crippen molar-refractivity contribution >= 4 is 21.4 Å². The fraction of sp³-hybridized carbons (Fsp3) is 0.538. The Morgan fingerprint density at radius 2 is 1.91 bits per heavy atom. The monoisotopic (exact) mass is 331 g/mol. The van der Waals surface area contributed by atoms with Crippen LogP contribution in [0.15, 0.2) is 18.2 Å². The maximum Gasteiger partial charge on any atom is 0.327 e. The molecule has 0 amide bonds. The van der Waals surface area contributed by atoms with Gasteiger partial charge in [-0.05, 0) is 18.6 Å². The van der Waals surface area contributed by atoms with E-state index in [1.165, 1.54) is 16.4 Å². The lowest BCUT2D eigenvalue weighted by Crippen LogP contribution is -2.49. The first-order chi connectivity index (χ1) is 10.4. The van der Waals surface area contributed by atoms with Crippen molar-refractivity contribution < 1.29 is 17.7 Å². The Morgan fingerprint density at radius 1 is 1.27 bits per heavy atom. The van der Waals surface area contributed by atoms with E-state index in [1.807, 2.05) is 0 Å². The second-order valence-electron chi connectivity index (χ2n) is 5.07. The minimum Gasteiger partial charge on any atom is -0.363 e. The molecular formula is C13H18FN3O4S. The summed E-state index contributed by atoms with van der Waals surface area (Å²) in [6.07, 6.45) is 0.540. The smallest absolute Gasteiger partial charge is 0.327 e. The summed E-state index contributed by atoms with van der Waals surface area (Å²) in [5.74, 6) is -0.795. The molecule has 7 nitrogen and oxygen atoms in total. The van der Waals surface area contributed by atoms with Crippen LogP contribution in [0, 0.1) is 15.9 Å². The maximum atomic E-state index is 13.6. The molecule has 2 rings (SSSR count). The van der Waals surface area contributed by atoms with Gasteiger partial charge in [0, 0.05) is 26.2 Å². The highest BCUT2D eigenvalue weighted by Gasteiger charge is 2.30. The number of halogens is 1. The minimum atomic E-state index is -3.27. The minimum absolute atomic E-state index is 0.0904. The van der Waals surface area contributed by atoms with Gasteiger partial charge in [-0.1, -0.05) is 13.0 Å². The van der Waals surface area contributed by atoms with E-state index in [1.54, 1.807) is 11.8 Å². The molecule has 1 aliphatic heterocycles. The van der Waals surface area contributed by atoms with Gasteiger partial charge in [-0.15, -0.1) is 0 Å². The molecule has 0 radical (unpaired) electrons. The summed E-state index contributed by atoms with van der Waals surface area (Å²) in [5, 5.41) is 11.0. The van der Waals surface area contributed by atoms with E-state index in [9.17, 15) is 22.9 Å². The molecule has 0 spiro atoms. The molecule has 0 bridgehead atoms. The molecule has 1 heterocycles. The van der Waals surface area contributed by atoms with Crippen molar-refractivity contribution in [3.63, 3.8) is 0 Å². The number of anilines is 1. The number of para-hydroxylation sites is 1. The van der Waals surface area contributed by atoms with Gasteiger partial charge >= 0.3 is 5.69 Å². The number of piperazine rings is 1. The van der Waals surface area contributed by atoms with Gasteiger partial charge in [0.2, 0.25) is 15.8 Å². The Labute approximate surface area is 128 Å². The average molecular weight is 331 g/mol. The van der Waals surface area contributed by atoms with E-state index in [2.05, 4.69) is 0 Å². The van der Waals surface area contributed by atoms with Gasteiger partial charge in [-0.2, -0.15) is 8.70 Å². The quantitative estimate of drug-likeness (QED) is 0.604. The molecule has 0 aromatic heterocycles.